The van der Waals surface area contributed by atoms with Gasteiger partial charge in [0.15, 0.2) is 0 Å². The van der Waals surface area contributed by atoms with Gasteiger partial charge in [0, 0.05) is 18.9 Å². The molecule has 0 aliphatic rings. The highest BCUT2D eigenvalue weighted by Crippen LogP contribution is 2.24. The highest BCUT2D eigenvalue weighted by atomic mass is 16.1. The first kappa shape index (κ1) is 14.3. The van der Waals surface area contributed by atoms with Gasteiger partial charge in [0.2, 0.25) is 5.91 Å². The normalized spacial score (nSPS) is 10.8. The van der Waals surface area contributed by atoms with Crippen molar-refractivity contribution < 1.29 is 4.79 Å². The molecule has 2 N–H and O–H groups in total. The van der Waals surface area contributed by atoms with Crippen LogP contribution in [0.4, 0.5) is 0 Å². The maximum Gasteiger partial charge on any atom is 0.220 e. The molecule has 0 aliphatic carbocycles. The quantitative estimate of drug-likeness (QED) is 0.777. The number of carbonyl (C=O) groups excluding carboxylic acids is 1. The molecule has 0 saturated heterocycles. The molecule has 1 aromatic carbocycles. The first-order valence-electron chi connectivity index (χ1n) is 7.27. The van der Waals surface area contributed by atoms with E-state index in [9.17, 15) is 4.79 Å². The number of nitrogens with zero attached hydrogens (tertiary/aromatic N) is 2. The number of H-pyrrole nitrogens is 1. The Hall–Kier alpha value is -2.69. The van der Waals surface area contributed by atoms with E-state index in [0.29, 0.717) is 6.42 Å². The van der Waals surface area contributed by atoms with Crippen LogP contribution in [0, 0.1) is 6.92 Å². The average Bonchev–Trinajstić information content (AvgIpc) is 3.07. The fraction of sp³-hybridized carbons (Fsp3) is 0.235. The maximum atomic E-state index is 11.4. The summed E-state index contributed by atoms with van der Waals surface area (Å²) >= 11 is 0. The number of hydrogen-bond acceptors (Lipinski definition) is 3. The monoisotopic (exact) mass is 294 g/mol. The molecule has 5 nitrogen and oxygen atoms in total. The molecule has 0 bridgehead atoms. The summed E-state index contributed by atoms with van der Waals surface area (Å²) in [6, 6.07) is 8.23. The van der Waals surface area contributed by atoms with Crippen molar-refractivity contribution in [2.75, 3.05) is 7.05 Å². The fourth-order valence-corrected chi connectivity index (χ4v) is 2.51. The van der Waals surface area contributed by atoms with Gasteiger partial charge in [0.05, 0.1) is 29.4 Å². The number of benzene rings is 1. The van der Waals surface area contributed by atoms with Gasteiger partial charge in [0.1, 0.15) is 0 Å². The molecule has 2 aromatic heterocycles. The minimum atomic E-state index is 0.0598. The summed E-state index contributed by atoms with van der Waals surface area (Å²) in [6.07, 6.45) is 4.65. The van der Waals surface area contributed by atoms with Gasteiger partial charge in [-0.3, -0.25) is 4.79 Å². The van der Waals surface area contributed by atoms with Crippen molar-refractivity contribution in [3.8, 4) is 11.4 Å². The van der Waals surface area contributed by atoms with Crippen molar-refractivity contribution in [3.63, 3.8) is 0 Å². The van der Waals surface area contributed by atoms with E-state index < -0.39 is 0 Å². The number of pyridine rings is 1. The Balaban J connectivity index is 1.94. The van der Waals surface area contributed by atoms with Crippen LogP contribution in [0.3, 0.4) is 0 Å². The van der Waals surface area contributed by atoms with Gasteiger partial charge < -0.3 is 10.3 Å². The SMILES string of the molecule is CNC(=O)CCc1ccc2nc(-c3cnc[nH]3)cc(C)c2c1. The number of aromatic amines is 1. The number of carbonyl (C=O) groups is 1. The summed E-state index contributed by atoms with van der Waals surface area (Å²) in [6.45, 7) is 2.08. The number of fused-ring (bicyclic) bond motifs is 1. The summed E-state index contributed by atoms with van der Waals surface area (Å²) in [4.78, 5) is 23.2. The molecule has 112 valence electrons. The van der Waals surface area contributed by atoms with E-state index >= 15 is 0 Å². The molecule has 0 aliphatic heterocycles. The number of imidazole rings is 1. The zero-order valence-corrected chi connectivity index (χ0v) is 12.7. The Morgan fingerprint density at radius 3 is 2.91 bits per heavy atom. The molecular formula is C17H18N4O. The van der Waals surface area contributed by atoms with E-state index in [1.807, 2.05) is 12.1 Å². The summed E-state index contributed by atoms with van der Waals surface area (Å²) < 4.78 is 0. The van der Waals surface area contributed by atoms with Gasteiger partial charge >= 0.3 is 0 Å². The molecule has 0 radical (unpaired) electrons. The van der Waals surface area contributed by atoms with E-state index in [-0.39, 0.29) is 5.91 Å². The van der Waals surface area contributed by atoms with Crippen LogP contribution in [0.2, 0.25) is 0 Å². The number of hydrogen-bond donors (Lipinski definition) is 2. The lowest BCUT2D eigenvalue weighted by Crippen LogP contribution is -2.17. The molecule has 0 spiro atoms. The van der Waals surface area contributed by atoms with E-state index in [4.69, 9.17) is 0 Å². The number of amides is 1. The minimum Gasteiger partial charge on any atom is -0.359 e. The molecule has 0 unspecified atom stereocenters. The van der Waals surface area contributed by atoms with Crippen molar-refractivity contribution in [3.05, 3.63) is 47.9 Å². The van der Waals surface area contributed by atoms with Crippen LogP contribution in [-0.4, -0.2) is 27.9 Å². The van der Waals surface area contributed by atoms with E-state index in [0.717, 1.165) is 39.8 Å². The molecule has 2 heterocycles. The Kier molecular flexibility index (Phi) is 3.87. The van der Waals surface area contributed by atoms with Crippen LogP contribution < -0.4 is 5.32 Å². The fourth-order valence-electron chi connectivity index (χ4n) is 2.51. The van der Waals surface area contributed by atoms with Crippen LogP contribution >= 0.6 is 0 Å². The number of rotatable bonds is 4. The second-order valence-electron chi connectivity index (χ2n) is 5.31. The average molecular weight is 294 g/mol. The van der Waals surface area contributed by atoms with E-state index in [2.05, 4.69) is 39.3 Å². The summed E-state index contributed by atoms with van der Waals surface area (Å²) in [5.74, 6) is 0.0598. The molecule has 0 saturated carbocycles. The summed E-state index contributed by atoms with van der Waals surface area (Å²) in [7, 11) is 1.66. The van der Waals surface area contributed by atoms with E-state index in [1.54, 1.807) is 19.6 Å². The van der Waals surface area contributed by atoms with Crippen LogP contribution in [-0.2, 0) is 11.2 Å². The second kappa shape index (κ2) is 5.97. The topological polar surface area (TPSA) is 70.7 Å². The predicted molar refractivity (Wildman–Crippen MR) is 86.4 cm³/mol. The molecule has 3 rings (SSSR count). The smallest absolute Gasteiger partial charge is 0.220 e. The Bertz CT molecular complexity index is 809. The number of aromatic nitrogens is 3. The van der Waals surface area contributed by atoms with Gasteiger partial charge in [-0.05, 0) is 42.7 Å². The van der Waals surface area contributed by atoms with Crippen LogP contribution in [0.5, 0.6) is 0 Å². The van der Waals surface area contributed by atoms with Crippen LogP contribution in [0.1, 0.15) is 17.5 Å². The van der Waals surface area contributed by atoms with Crippen molar-refractivity contribution in [2.24, 2.45) is 0 Å². The Morgan fingerprint density at radius 1 is 1.32 bits per heavy atom. The van der Waals surface area contributed by atoms with Crippen molar-refractivity contribution in [2.45, 2.75) is 19.8 Å². The lowest BCUT2D eigenvalue weighted by molar-refractivity contribution is -0.120. The highest BCUT2D eigenvalue weighted by molar-refractivity contribution is 5.85. The van der Waals surface area contributed by atoms with Crippen LogP contribution in [0.25, 0.3) is 22.3 Å². The molecule has 0 atom stereocenters. The molecule has 1 amide bonds. The first-order valence-corrected chi connectivity index (χ1v) is 7.27. The molecule has 5 heteroatoms. The highest BCUT2D eigenvalue weighted by Gasteiger charge is 2.07. The van der Waals surface area contributed by atoms with Crippen LogP contribution in [0.15, 0.2) is 36.8 Å². The third kappa shape index (κ3) is 2.83. The zero-order valence-electron chi connectivity index (χ0n) is 12.7. The van der Waals surface area contributed by atoms with Gasteiger partial charge in [-0.2, -0.15) is 0 Å². The largest absolute Gasteiger partial charge is 0.359 e. The lowest BCUT2D eigenvalue weighted by atomic mass is 10.0. The van der Waals surface area contributed by atoms with Crippen molar-refractivity contribution in [1.82, 2.24) is 20.3 Å². The van der Waals surface area contributed by atoms with E-state index in [1.165, 1.54) is 0 Å². The third-order valence-electron chi connectivity index (χ3n) is 3.77. The number of nitrogens with one attached hydrogen (secondary N) is 2. The third-order valence-corrected chi connectivity index (χ3v) is 3.77. The second-order valence-corrected chi connectivity index (χ2v) is 5.31. The Labute approximate surface area is 128 Å². The predicted octanol–water partition coefficient (Wildman–Crippen LogP) is 2.61. The Morgan fingerprint density at radius 2 is 2.18 bits per heavy atom. The maximum absolute atomic E-state index is 11.4. The summed E-state index contributed by atoms with van der Waals surface area (Å²) in [5, 5.41) is 3.77. The van der Waals surface area contributed by atoms with Crippen molar-refractivity contribution in [1.29, 1.82) is 0 Å². The van der Waals surface area contributed by atoms with Crippen molar-refractivity contribution >= 4 is 16.8 Å². The van der Waals surface area contributed by atoms with Gasteiger partial charge in [-0.15, -0.1) is 0 Å². The molecule has 22 heavy (non-hydrogen) atoms. The summed E-state index contributed by atoms with van der Waals surface area (Å²) in [5.41, 5.74) is 5.06. The minimum absolute atomic E-state index is 0.0598. The van der Waals surface area contributed by atoms with Gasteiger partial charge in [0.25, 0.3) is 0 Å². The number of aryl methyl sites for hydroxylation is 2. The zero-order chi connectivity index (χ0) is 15.5. The molecule has 0 fully saturated rings. The first-order chi connectivity index (χ1) is 10.7. The molecular weight excluding hydrogens is 276 g/mol. The lowest BCUT2D eigenvalue weighted by Gasteiger charge is -2.08. The van der Waals surface area contributed by atoms with Gasteiger partial charge in [-0.1, -0.05) is 6.07 Å². The standard InChI is InChI=1S/C17H18N4O/c1-11-7-15(16-9-19-10-20-16)21-14-5-3-12(8-13(11)14)4-6-17(22)18-2/h3,5,7-10H,4,6H2,1-2H3,(H,18,22)(H,19,20). The van der Waals surface area contributed by atoms with Gasteiger partial charge in [-0.25, -0.2) is 9.97 Å². The molecule has 3 aromatic rings.